The maximum absolute atomic E-state index is 11.6. The molecule has 0 aliphatic heterocycles. The molecule has 0 spiro atoms. The molecule has 32 heavy (non-hydrogen) atoms. The number of aromatic nitrogens is 2. The van der Waals surface area contributed by atoms with E-state index in [4.69, 9.17) is 10.1 Å². The van der Waals surface area contributed by atoms with Crippen LogP contribution >= 0.6 is 11.8 Å². The number of carboxylic acids is 2. The predicted molar refractivity (Wildman–Crippen MR) is 126 cm³/mol. The van der Waals surface area contributed by atoms with E-state index in [0.29, 0.717) is 18.8 Å². The number of nitrogens with zero attached hydrogens (tertiary/aromatic N) is 2. The minimum atomic E-state index is -0.978. The van der Waals surface area contributed by atoms with E-state index in [9.17, 15) is 14.7 Å². The molecule has 3 N–H and O–H groups in total. The second-order valence-corrected chi connectivity index (χ2v) is 8.18. The summed E-state index contributed by atoms with van der Waals surface area (Å²) in [5.41, 5.74) is 2.99. The molecular formula is C24H27N3O4S. The van der Waals surface area contributed by atoms with Crippen LogP contribution in [0.2, 0.25) is 0 Å². The molecule has 168 valence electrons. The minimum absolute atomic E-state index is 0.222. The number of unbranched alkanes of at least 4 members (excludes halogenated alkanes) is 1. The average Bonchev–Trinajstić information content (AvgIpc) is 3.12. The molecule has 0 atom stereocenters. The third kappa shape index (κ3) is 5.50. The fourth-order valence-corrected chi connectivity index (χ4v) is 4.11. The van der Waals surface area contributed by atoms with Gasteiger partial charge in [0.2, 0.25) is 0 Å². The molecule has 0 bridgehead atoms. The van der Waals surface area contributed by atoms with E-state index in [-0.39, 0.29) is 11.1 Å². The first-order chi connectivity index (χ1) is 15.4. The average molecular weight is 454 g/mol. The van der Waals surface area contributed by atoms with Gasteiger partial charge in [0.15, 0.2) is 0 Å². The van der Waals surface area contributed by atoms with Crippen molar-refractivity contribution < 1.29 is 19.8 Å². The van der Waals surface area contributed by atoms with Crippen LogP contribution in [-0.2, 0) is 19.5 Å². The number of hydrogen-bond donors (Lipinski definition) is 3. The van der Waals surface area contributed by atoms with Crippen LogP contribution in [-0.4, -0.2) is 38.0 Å². The van der Waals surface area contributed by atoms with Crippen molar-refractivity contribution in [3.63, 3.8) is 0 Å². The van der Waals surface area contributed by atoms with Gasteiger partial charge in [-0.2, -0.15) is 0 Å². The first-order valence-corrected chi connectivity index (χ1v) is 11.7. The number of anilines is 1. The van der Waals surface area contributed by atoms with Crippen LogP contribution < -0.4 is 5.32 Å². The molecule has 8 heteroatoms. The molecule has 0 amide bonds. The lowest BCUT2D eigenvalue weighted by Gasteiger charge is -2.15. The minimum Gasteiger partial charge on any atom is -0.478 e. The van der Waals surface area contributed by atoms with Gasteiger partial charge < -0.3 is 20.1 Å². The quantitative estimate of drug-likeness (QED) is 0.351. The summed E-state index contributed by atoms with van der Waals surface area (Å²) in [5, 5.41) is 22.8. The Hall–Kier alpha value is -3.26. The van der Waals surface area contributed by atoms with Crippen molar-refractivity contribution in [3.8, 4) is 0 Å². The standard InChI is InChI=1S/C24H27N3O4S/c1-3-4-9-21-26-22(32-2)20(14-25-19-8-6-5-7-18(19)24(30)31)27(21)15-16-10-12-17(13-11-16)23(28)29/h5-8,10-13,25H,3-4,9,14-15H2,1-2H3,(H,28,29)(H,30,31). The Labute approximate surface area is 191 Å². The van der Waals surface area contributed by atoms with Gasteiger partial charge in [-0.3, -0.25) is 0 Å². The van der Waals surface area contributed by atoms with E-state index in [0.717, 1.165) is 41.4 Å². The Bertz CT molecular complexity index is 1090. The maximum atomic E-state index is 11.6. The zero-order valence-electron chi connectivity index (χ0n) is 18.2. The largest absolute Gasteiger partial charge is 0.478 e. The van der Waals surface area contributed by atoms with Gasteiger partial charge in [-0.1, -0.05) is 37.6 Å². The first kappa shape index (κ1) is 23.4. The molecule has 0 radical (unpaired) electrons. The smallest absolute Gasteiger partial charge is 0.337 e. The van der Waals surface area contributed by atoms with Gasteiger partial charge in [-0.25, -0.2) is 14.6 Å². The van der Waals surface area contributed by atoms with Crippen LogP contribution in [0.15, 0.2) is 53.6 Å². The van der Waals surface area contributed by atoms with E-state index in [2.05, 4.69) is 16.8 Å². The van der Waals surface area contributed by atoms with Crippen LogP contribution in [0.3, 0.4) is 0 Å². The monoisotopic (exact) mass is 453 g/mol. The van der Waals surface area contributed by atoms with Crippen molar-refractivity contribution in [1.82, 2.24) is 9.55 Å². The number of para-hydroxylation sites is 1. The van der Waals surface area contributed by atoms with Crippen molar-refractivity contribution >= 4 is 29.4 Å². The summed E-state index contributed by atoms with van der Waals surface area (Å²) in [6.07, 6.45) is 4.88. The van der Waals surface area contributed by atoms with E-state index >= 15 is 0 Å². The summed E-state index contributed by atoms with van der Waals surface area (Å²) in [5.74, 6) is -0.954. The summed E-state index contributed by atoms with van der Waals surface area (Å²) in [4.78, 5) is 27.6. The highest BCUT2D eigenvalue weighted by Gasteiger charge is 2.18. The Morgan fingerprint density at radius 3 is 2.41 bits per heavy atom. The number of nitrogens with one attached hydrogen (secondary N) is 1. The van der Waals surface area contributed by atoms with E-state index in [1.807, 2.05) is 18.4 Å². The molecule has 7 nitrogen and oxygen atoms in total. The molecule has 0 aliphatic rings. The van der Waals surface area contributed by atoms with Crippen molar-refractivity contribution in [2.45, 2.75) is 44.3 Å². The molecule has 2 aromatic carbocycles. The van der Waals surface area contributed by atoms with Gasteiger partial charge in [-0.15, -0.1) is 11.8 Å². The Morgan fingerprint density at radius 2 is 1.78 bits per heavy atom. The second kappa shape index (κ2) is 10.9. The van der Waals surface area contributed by atoms with Gasteiger partial charge in [0.25, 0.3) is 0 Å². The van der Waals surface area contributed by atoms with Gasteiger partial charge in [0.05, 0.1) is 23.4 Å². The number of hydrogen-bond acceptors (Lipinski definition) is 5. The molecule has 3 rings (SSSR count). The fourth-order valence-electron chi connectivity index (χ4n) is 3.50. The molecule has 0 fully saturated rings. The summed E-state index contributed by atoms with van der Waals surface area (Å²) in [7, 11) is 0. The normalized spacial score (nSPS) is 10.8. The lowest BCUT2D eigenvalue weighted by Crippen LogP contribution is -2.13. The van der Waals surface area contributed by atoms with Gasteiger partial charge in [-0.05, 0) is 42.5 Å². The van der Waals surface area contributed by atoms with Gasteiger partial charge in [0, 0.05) is 18.7 Å². The first-order valence-electron chi connectivity index (χ1n) is 10.4. The number of carboxylic acid groups (broad SMARTS) is 2. The lowest BCUT2D eigenvalue weighted by atomic mass is 10.1. The van der Waals surface area contributed by atoms with Crippen LogP contribution in [0.4, 0.5) is 5.69 Å². The number of rotatable bonds is 11. The maximum Gasteiger partial charge on any atom is 0.337 e. The summed E-state index contributed by atoms with van der Waals surface area (Å²) in [6.45, 7) is 3.12. The summed E-state index contributed by atoms with van der Waals surface area (Å²) >= 11 is 1.56. The molecule has 1 heterocycles. The van der Waals surface area contributed by atoms with Gasteiger partial charge in [0.1, 0.15) is 10.9 Å². The number of imidazole rings is 1. The Kier molecular flexibility index (Phi) is 7.94. The molecule has 0 saturated carbocycles. The fraction of sp³-hybridized carbons (Fsp3) is 0.292. The summed E-state index contributed by atoms with van der Waals surface area (Å²) < 4.78 is 2.16. The topological polar surface area (TPSA) is 104 Å². The second-order valence-electron chi connectivity index (χ2n) is 7.38. The van der Waals surface area contributed by atoms with Crippen molar-refractivity contribution in [2.75, 3.05) is 11.6 Å². The molecule has 0 aliphatic carbocycles. The number of benzene rings is 2. The third-order valence-corrected chi connectivity index (χ3v) is 5.92. The highest BCUT2D eigenvalue weighted by Crippen LogP contribution is 2.26. The van der Waals surface area contributed by atoms with Gasteiger partial charge >= 0.3 is 11.9 Å². The SMILES string of the molecule is CCCCc1nc(SC)c(CNc2ccccc2C(=O)O)n1Cc1ccc(C(=O)O)cc1. The van der Waals surface area contributed by atoms with Crippen LogP contribution in [0, 0.1) is 0 Å². The zero-order valence-corrected chi connectivity index (χ0v) is 19.0. The van der Waals surface area contributed by atoms with Crippen LogP contribution in [0.25, 0.3) is 0 Å². The molecular weight excluding hydrogens is 426 g/mol. The molecule has 1 aromatic heterocycles. The van der Waals surface area contributed by atoms with Crippen molar-refractivity contribution in [1.29, 1.82) is 0 Å². The third-order valence-electron chi connectivity index (χ3n) is 5.21. The highest BCUT2D eigenvalue weighted by molar-refractivity contribution is 7.98. The van der Waals surface area contributed by atoms with Crippen molar-refractivity contribution in [3.05, 3.63) is 76.7 Å². The van der Waals surface area contributed by atoms with Crippen LogP contribution in [0.5, 0.6) is 0 Å². The number of aromatic carboxylic acids is 2. The summed E-state index contributed by atoms with van der Waals surface area (Å²) in [6, 6.07) is 13.7. The predicted octanol–water partition coefficient (Wildman–Crippen LogP) is 5.00. The highest BCUT2D eigenvalue weighted by atomic mass is 32.2. The van der Waals surface area contributed by atoms with E-state index in [1.54, 1.807) is 48.2 Å². The zero-order chi connectivity index (χ0) is 23.1. The van der Waals surface area contributed by atoms with E-state index in [1.165, 1.54) is 0 Å². The molecule has 0 saturated heterocycles. The van der Waals surface area contributed by atoms with Crippen LogP contribution in [0.1, 0.15) is 57.6 Å². The Balaban J connectivity index is 1.94. The molecule has 0 unspecified atom stereocenters. The van der Waals surface area contributed by atoms with Crippen molar-refractivity contribution in [2.24, 2.45) is 0 Å². The molecule has 3 aromatic rings. The Morgan fingerprint density at radius 1 is 1.06 bits per heavy atom. The number of aryl methyl sites for hydroxylation is 1. The number of thioether (sulfide) groups is 1. The lowest BCUT2D eigenvalue weighted by molar-refractivity contribution is 0.0686. The number of carbonyl (C=O) groups is 2. The van der Waals surface area contributed by atoms with E-state index < -0.39 is 11.9 Å².